The molecule has 2 saturated carbocycles. The van der Waals surface area contributed by atoms with E-state index < -0.39 is 0 Å². The summed E-state index contributed by atoms with van der Waals surface area (Å²) in [4.78, 5) is 0. The van der Waals surface area contributed by atoms with Gasteiger partial charge in [0.15, 0.2) is 0 Å². The molecule has 0 radical (unpaired) electrons. The maximum absolute atomic E-state index is 8.94. The van der Waals surface area contributed by atoms with Crippen LogP contribution < -0.4 is 0 Å². The Morgan fingerprint density at radius 2 is 1.38 bits per heavy atom. The van der Waals surface area contributed by atoms with Crippen molar-refractivity contribution in [3.05, 3.63) is 59.7 Å². The molecule has 0 aliphatic heterocycles. The molecule has 2 aliphatic carbocycles. The zero-order valence-corrected chi connectivity index (χ0v) is 15.5. The molecule has 1 aromatic carbocycles. The highest BCUT2D eigenvalue weighted by Crippen LogP contribution is 2.44. The first-order valence-corrected chi connectivity index (χ1v) is 10.0. The summed E-state index contributed by atoms with van der Waals surface area (Å²) >= 11 is 0. The van der Waals surface area contributed by atoms with E-state index in [1.165, 1.54) is 63.0 Å². The lowest BCUT2D eigenvalue weighted by atomic mass is 9.68. The highest BCUT2D eigenvalue weighted by Gasteiger charge is 2.30. The molecule has 0 bridgehead atoms. The zero-order chi connectivity index (χ0) is 18.2. The van der Waals surface area contributed by atoms with Crippen LogP contribution in [-0.4, -0.2) is 0 Å². The second-order valence-electron chi connectivity index (χ2n) is 7.89. The van der Waals surface area contributed by atoms with Crippen molar-refractivity contribution in [3.8, 4) is 12.1 Å². The Kier molecular flexibility index (Phi) is 6.68. The number of hydrogen-bond donors (Lipinski definition) is 0. The van der Waals surface area contributed by atoms with Gasteiger partial charge in [-0.15, -0.1) is 0 Å². The third-order valence-corrected chi connectivity index (χ3v) is 6.43. The first-order valence-electron chi connectivity index (χ1n) is 10.0. The molecule has 2 aliphatic rings. The van der Waals surface area contributed by atoms with Crippen molar-refractivity contribution in [1.29, 1.82) is 10.5 Å². The number of benzene rings is 1. The first kappa shape index (κ1) is 18.5. The number of hydrogen-bond acceptors (Lipinski definition) is 2. The monoisotopic (exact) mass is 344 g/mol. The number of nitriles is 2. The maximum Gasteiger partial charge on any atom is 0.0991 e. The van der Waals surface area contributed by atoms with E-state index in [1.807, 2.05) is 30.4 Å². The van der Waals surface area contributed by atoms with Crippen LogP contribution >= 0.6 is 0 Å². The van der Waals surface area contributed by atoms with Crippen molar-refractivity contribution < 1.29 is 0 Å². The molecule has 134 valence electrons. The average Bonchev–Trinajstić information content (AvgIpc) is 2.72. The fourth-order valence-corrected chi connectivity index (χ4v) is 4.88. The number of allylic oxidation sites excluding steroid dienone is 4. The summed E-state index contributed by atoms with van der Waals surface area (Å²) in [5, 5.41) is 17.5. The standard InChI is InChI=1S/C24H28N2/c25-17-3-1-2-4-19-5-9-21(10-6-19)23-13-15-24(16-14-23)22-11-7-20(18-26)8-12-22/h1-4,7-8,11-12,19,21,23-24H,5-6,9-10,13-16H2/b3-1+,4-2+/t19?,21?,23-,24-. The summed E-state index contributed by atoms with van der Waals surface area (Å²) in [7, 11) is 0. The van der Waals surface area contributed by atoms with Crippen LogP contribution in [0.4, 0.5) is 0 Å². The predicted molar refractivity (Wildman–Crippen MR) is 105 cm³/mol. The van der Waals surface area contributed by atoms with E-state index in [4.69, 9.17) is 10.5 Å². The summed E-state index contributed by atoms with van der Waals surface area (Å²) in [6.45, 7) is 0. The minimum absolute atomic E-state index is 0.685. The van der Waals surface area contributed by atoms with Crippen LogP contribution in [0.2, 0.25) is 0 Å². The van der Waals surface area contributed by atoms with E-state index in [0.717, 1.165) is 17.4 Å². The zero-order valence-electron chi connectivity index (χ0n) is 15.5. The van der Waals surface area contributed by atoms with Crippen molar-refractivity contribution in [2.24, 2.45) is 17.8 Å². The summed E-state index contributed by atoms with van der Waals surface area (Å²) in [6.07, 6.45) is 18.4. The molecule has 0 saturated heterocycles. The van der Waals surface area contributed by atoms with E-state index >= 15 is 0 Å². The summed E-state index contributed by atoms with van der Waals surface area (Å²) in [5.41, 5.74) is 2.18. The first-order chi connectivity index (χ1) is 12.8. The molecule has 26 heavy (non-hydrogen) atoms. The van der Waals surface area contributed by atoms with Crippen LogP contribution in [0, 0.1) is 40.4 Å². The Bertz CT molecular complexity index is 698. The minimum atomic E-state index is 0.685. The van der Waals surface area contributed by atoms with Crippen LogP contribution in [0.25, 0.3) is 0 Å². The lowest BCUT2D eigenvalue weighted by Gasteiger charge is -2.37. The molecule has 2 fully saturated rings. The van der Waals surface area contributed by atoms with Crippen LogP contribution in [0.15, 0.2) is 48.6 Å². The minimum Gasteiger partial charge on any atom is -0.193 e. The van der Waals surface area contributed by atoms with Crippen molar-refractivity contribution in [2.45, 2.75) is 57.3 Å². The van der Waals surface area contributed by atoms with Crippen LogP contribution in [0.3, 0.4) is 0 Å². The van der Waals surface area contributed by atoms with Gasteiger partial charge in [-0.2, -0.15) is 10.5 Å². The molecule has 3 rings (SSSR count). The van der Waals surface area contributed by atoms with E-state index in [1.54, 1.807) is 0 Å². The Morgan fingerprint density at radius 3 is 1.96 bits per heavy atom. The van der Waals surface area contributed by atoms with E-state index in [9.17, 15) is 0 Å². The van der Waals surface area contributed by atoms with E-state index in [0.29, 0.717) is 11.8 Å². The van der Waals surface area contributed by atoms with Gasteiger partial charge < -0.3 is 0 Å². The molecule has 0 N–H and O–H groups in total. The van der Waals surface area contributed by atoms with Gasteiger partial charge in [-0.3, -0.25) is 0 Å². The second-order valence-corrected chi connectivity index (χ2v) is 7.89. The molecule has 0 unspecified atom stereocenters. The highest BCUT2D eigenvalue weighted by molar-refractivity contribution is 5.33. The van der Waals surface area contributed by atoms with Gasteiger partial charge in [-0.25, -0.2) is 0 Å². The third kappa shape index (κ3) is 4.86. The van der Waals surface area contributed by atoms with Crippen molar-refractivity contribution in [1.82, 2.24) is 0 Å². The Balaban J connectivity index is 1.44. The Hall–Kier alpha value is -2.32. The third-order valence-electron chi connectivity index (χ3n) is 6.43. The number of rotatable bonds is 4. The smallest absolute Gasteiger partial charge is 0.0991 e. The predicted octanol–water partition coefficient (Wildman–Crippen LogP) is 6.27. The molecule has 2 nitrogen and oxygen atoms in total. The van der Waals surface area contributed by atoms with Gasteiger partial charge in [0.25, 0.3) is 0 Å². The lowest BCUT2D eigenvalue weighted by molar-refractivity contribution is 0.171. The Morgan fingerprint density at radius 1 is 0.769 bits per heavy atom. The van der Waals surface area contributed by atoms with Crippen LogP contribution in [-0.2, 0) is 0 Å². The van der Waals surface area contributed by atoms with Gasteiger partial charge in [-0.05, 0) is 92.7 Å². The SMILES string of the molecule is N#C/C=C/C=C/C1CCC([C@H]2CC[C@H](c3ccc(C#N)cc3)CC2)CC1. The van der Waals surface area contributed by atoms with Gasteiger partial charge in [0.1, 0.15) is 0 Å². The van der Waals surface area contributed by atoms with Crippen molar-refractivity contribution in [2.75, 3.05) is 0 Å². The normalized spacial score (nSPS) is 29.5. The van der Waals surface area contributed by atoms with Crippen molar-refractivity contribution >= 4 is 0 Å². The second kappa shape index (κ2) is 9.40. The molecule has 0 aromatic heterocycles. The molecular formula is C24H28N2. The largest absolute Gasteiger partial charge is 0.193 e. The van der Waals surface area contributed by atoms with Gasteiger partial charge in [-0.1, -0.05) is 30.4 Å². The molecule has 2 heteroatoms. The van der Waals surface area contributed by atoms with E-state index in [2.05, 4.69) is 24.3 Å². The van der Waals surface area contributed by atoms with Crippen LogP contribution in [0.1, 0.15) is 68.4 Å². The molecular weight excluding hydrogens is 316 g/mol. The molecule has 1 aromatic rings. The van der Waals surface area contributed by atoms with Gasteiger partial charge >= 0.3 is 0 Å². The van der Waals surface area contributed by atoms with Gasteiger partial charge in [0.2, 0.25) is 0 Å². The maximum atomic E-state index is 8.94. The van der Waals surface area contributed by atoms with Crippen molar-refractivity contribution in [3.63, 3.8) is 0 Å². The molecule has 0 heterocycles. The molecule has 0 amide bonds. The van der Waals surface area contributed by atoms with Crippen LogP contribution in [0.5, 0.6) is 0 Å². The quantitative estimate of drug-likeness (QED) is 0.477. The topological polar surface area (TPSA) is 47.6 Å². The fourth-order valence-electron chi connectivity index (χ4n) is 4.88. The highest BCUT2D eigenvalue weighted by atomic mass is 14.4. The number of nitrogens with zero attached hydrogens (tertiary/aromatic N) is 2. The van der Waals surface area contributed by atoms with E-state index in [-0.39, 0.29) is 0 Å². The summed E-state index contributed by atoms with van der Waals surface area (Å²) in [6, 6.07) is 12.5. The Labute approximate surface area is 157 Å². The lowest BCUT2D eigenvalue weighted by Crippen LogP contribution is -2.25. The molecule has 0 atom stereocenters. The average molecular weight is 345 g/mol. The summed E-state index contributed by atoms with van der Waals surface area (Å²) in [5.74, 6) is 3.21. The fraction of sp³-hybridized carbons (Fsp3) is 0.500. The van der Waals surface area contributed by atoms with Gasteiger partial charge in [0.05, 0.1) is 17.7 Å². The molecule has 0 spiro atoms. The summed E-state index contributed by atoms with van der Waals surface area (Å²) < 4.78 is 0. The van der Waals surface area contributed by atoms with Gasteiger partial charge in [0, 0.05) is 6.08 Å².